The van der Waals surface area contributed by atoms with Crippen molar-refractivity contribution in [3.63, 3.8) is 0 Å². The number of benzene rings is 1. The Morgan fingerprint density at radius 2 is 1.54 bits per heavy atom. The van der Waals surface area contributed by atoms with Crippen LogP contribution in [0, 0.1) is 5.92 Å². The van der Waals surface area contributed by atoms with E-state index in [0.717, 1.165) is 83.7 Å². The molecule has 13 heteroatoms. The summed E-state index contributed by atoms with van der Waals surface area (Å²) in [7, 11) is 0. The van der Waals surface area contributed by atoms with Crippen molar-refractivity contribution in [2.45, 2.75) is 108 Å². The lowest BCUT2D eigenvalue weighted by atomic mass is 9.82. The lowest BCUT2D eigenvalue weighted by Gasteiger charge is -2.29. The minimum atomic E-state index is -3.02. The molecule has 0 aromatic heterocycles. The zero-order chi connectivity index (χ0) is 36.8. The van der Waals surface area contributed by atoms with E-state index >= 15 is 0 Å². The Kier molecular flexibility index (Phi) is 20.0. The normalized spacial score (nSPS) is 16.0. The molecule has 2 rings (SSSR count). The maximum absolute atomic E-state index is 13.4. The van der Waals surface area contributed by atoms with Crippen LogP contribution in [0.5, 0.6) is 5.75 Å². The minimum absolute atomic E-state index is 0.148. The van der Waals surface area contributed by atoms with Crippen molar-refractivity contribution in [2.24, 2.45) is 5.92 Å². The topological polar surface area (TPSA) is 203 Å². The van der Waals surface area contributed by atoms with Gasteiger partial charge in [-0.05, 0) is 43.4 Å². The number of nitrogens with one attached hydrogen (secondary N) is 2. The number of ketones is 1. The van der Waals surface area contributed by atoms with Crippen LogP contribution >= 0.6 is 0 Å². The molecule has 0 unspecified atom stereocenters. The molecule has 0 spiro atoms. The Hall–Kier alpha value is -3.81. The van der Waals surface area contributed by atoms with Gasteiger partial charge in [0, 0.05) is 52.0 Å². The second kappa shape index (κ2) is 23.6. The average molecular weight is 704 g/mol. The van der Waals surface area contributed by atoms with Gasteiger partial charge in [0.1, 0.15) is 24.2 Å². The molecule has 1 saturated heterocycles. The number of carbonyl (C=O) groups excluding carboxylic acids is 2. The molecule has 50 heavy (non-hydrogen) atoms. The molecule has 1 heterocycles. The first-order chi connectivity index (χ1) is 24.0. The average Bonchev–Trinajstić information content (AvgIpc) is 3.07. The first kappa shape index (κ1) is 42.4. The molecule has 1 aliphatic rings. The number of rotatable bonds is 27. The zero-order valence-corrected chi connectivity index (χ0v) is 29.4. The third kappa shape index (κ3) is 16.3. The summed E-state index contributed by atoms with van der Waals surface area (Å²) >= 11 is 0. The summed E-state index contributed by atoms with van der Waals surface area (Å²) < 4.78 is 5.81. The SMILES string of the molecule is CCCCCCCC(=O)CCCCCC/C=C/[C@@H](C(=O)N[C@@H](Cc1ccc(OCCN2CCNCC2)cc1)C(=O)O)[C@@](O)(CC(=O)O)C(=O)O. The minimum Gasteiger partial charge on any atom is -0.492 e. The van der Waals surface area contributed by atoms with Crippen LogP contribution in [0.25, 0.3) is 0 Å². The molecule has 1 aliphatic heterocycles. The third-order valence-corrected chi connectivity index (χ3v) is 8.92. The van der Waals surface area contributed by atoms with Gasteiger partial charge >= 0.3 is 17.9 Å². The van der Waals surface area contributed by atoms with Gasteiger partial charge in [-0.3, -0.25) is 19.3 Å². The van der Waals surface area contributed by atoms with E-state index in [0.29, 0.717) is 43.6 Å². The van der Waals surface area contributed by atoms with Crippen molar-refractivity contribution in [3.05, 3.63) is 42.0 Å². The van der Waals surface area contributed by atoms with Crippen molar-refractivity contribution in [1.82, 2.24) is 15.5 Å². The number of allylic oxidation sites excluding steroid dienone is 1. The fourth-order valence-electron chi connectivity index (χ4n) is 5.88. The van der Waals surface area contributed by atoms with Crippen molar-refractivity contribution in [2.75, 3.05) is 39.3 Å². The van der Waals surface area contributed by atoms with E-state index in [1.54, 1.807) is 24.3 Å². The quantitative estimate of drug-likeness (QED) is 0.0572. The molecule has 3 atom stereocenters. The summed E-state index contributed by atoms with van der Waals surface area (Å²) in [6.07, 6.45) is 11.3. The van der Waals surface area contributed by atoms with E-state index in [4.69, 9.17) is 4.74 Å². The van der Waals surface area contributed by atoms with Crippen molar-refractivity contribution >= 4 is 29.6 Å². The first-order valence-corrected chi connectivity index (χ1v) is 18.0. The molecule has 0 bridgehead atoms. The number of aliphatic carboxylic acids is 3. The fourth-order valence-corrected chi connectivity index (χ4v) is 5.88. The molecule has 13 nitrogen and oxygen atoms in total. The highest BCUT2D eigenvalue weighted by Crippen LogP contribution is 2.26. The summed E-state index contributed by atoms with van der Waals surface area (Å²) in [5.41, 5.74) is -2.46. The Morgan fingerprint density at radius 3 is 2.12 bits per heavy atom. The van der Waals surface area contributed by atoms with Gasteiger partial charge in [0.25, 0.3) is 0 Å². The largest absolute Gasteiger partial charge is 0.492 e. The van der Waals surface area contributed by atoms with Gasteiger partial charge in [-0.15, -0.1) is 0 Å². The van der Waals surface area contributed by atoms with Gasteiger partial charge in [0.05, 0.1) is 12.3 Å². The molecule has 0 saturated carbocycles. The van der Waals surface area contributed by atoms with Crippen molar-refractivity contribution in [3.8, 4) is 5.75 Å². The number of nitrogens with zero attached hydrogens (tertiary/aromatic N) is 1. The summed E-state index contributed by atoms with van der Waals surface area (Å²) in [4.78, 5) is 63.5. The second-order valence-electron chi connectivity index (χ2n) is 13.0. The van der Waals surface area contributed by atoms with Crippen LogP contribution in [0.1, 0.15) is 96.0 Å². The van der Waals surface area contributed by atoms with E-state index in [1.165, 1.54) is 12.5 Å². The number of carboxylic acids is 3. The summed E-state index contributed by atoms with van der Waals surface area (Å²) in [5, 5.41) is 45.6. The number of hydrogen-bond donors (Lipinski definition) is 6. The van der Waals surface area contributed by atoms with Gasteiger partial charge in [-0.2, -0.15) is 0 Å². The molecule has 0 radical (unpaired) electrons. The van der Waals surface area contributed by atoms with E-state index in [-0.39, 0.29) is 12.2 Å². The predicted octanol–water partition coefficient (Wildman–Crippen LogP) is 3.82. The lowest BCUT2D eigenvalue weighted by molar-refractivity contribution is -0.172. The van der Waals surface area contributed by atoms with Crippen LogP contribution in [0.4, 0.5) is 0 Å². The molecule has 0 aliphatic carbocycles. The van der Waals surface area contributed by atoms with Gasteiger partial charge < -0.3 is 35.8 Å². The van der Waals surface area contributed by atoms with E-state index < -0.39 is 47.8 Å². The number of Topliss-reactive ketones (excluding diaryl/α,β-unsaturated/α-hetero) is 1. The smallest absolute Gasteiger partial charge is 0.337 e. The van der Waals surface area contributed by atoms with Gasteiger partial charge in [-0.25, -0.2) is 9.59 Å². The van der Waals surface area contributed by atoms with Crippen LogP contribution in [0.3, 0.4) is 0 Å². The van der Waals surface area contributed by atoms with E-state index in [2.05, 4.69) is 22.5 Å². The molecule has 280 valence electrons. The maximum atomic E-state index is 13.4. The third-order valence-electron chi connectivity index (χ3n) is 8.92. The predicted molar refractivity (Wildman–Crippen MR) is 188 cm³/mol. The molecule has 1 aromatic rings. The van der Waals surface area contributed by atoms with Crippen LogP contribution < -0.4 is 15.4 Å². The van der Waals surface area contributed by atoms with Crippen molar-refractivity contribution < 1.29 is 49.1 Å². The van der Waals surface area contributed by atoms with Crippen LogP contribution in [0.2, 0.25) is 0 Å². The van der Waals surface area contributed by atoms with Crippen LogP contribution in [-0.2, 0) is 30.4 Å². The zero-order valence-electron chi connectivity index (χ0n) is 29.4. The number of amides is 1. The number of carbonyl (C=O) groups is 5. The number of unbranched alkanes of at least 4 members (excludes halogenated alkanes) is 8. The molecular weight excluding hydrogens is 646 g/mol. The number of aliphatic hydroxyl groups is 1. The Labute approximate surface area is 295 Å². The molecular formula is C37H57N3O10. The number of ether oxygens (including phenoxy) is 1. The Bertz CT molecular complexity index is 1230. The van der Waals surface area contributed by atoms with Crippen LogP contribution in [-0.4, -0.2) is 106 Å². The number of hydrogen-bond acceptors (Lipinski definition) is 9. The highest BCUT2D eigenvalue weighted by Gasteiger charge is 2.49. The summed E-state index contributed by atoms with van der Waals surface area (Å²) in [5.74, 6) is -7.07. The van der Waals surface area contributed by atoms with Crippen LogP contribution in [0.15, 0.2) is 36.4 Å². The van der Waals surface area contributed by atoms with E-state index in [1.807, 2.05) is 0 Å². The molecule has 1 amide bonds. The van der Waals surface area contributed by atoms with Gasteiger partial charge in [-0.1, -0.05) is 69.7 Å². The molecule has 1 aromatic carbocycles. The number of carboxylic acid groups (broad SMARTS) is 3. The molecule has 6 N–H and O–H groups in total. The van der Waals surface area contributed by atoms with Gasteiger partial charge in [0.15, 0.2) is 5.60 Å². The van der Waals surface area contributed by atoms with Gasteiger partial charge in [0.2, 0.25) is 5.91 Å². The second-order valence-corrected chi connectivity index (χ2v) is 13.0. The maximum Gasteiger partial charge on any atom is 0.337 e. The monoisotopic (exact) mass is 703 g/mol. The number of piperazine rings is 1. The first-order valence-electron chi connectivity index (χ1n) is 18.0. The Morgan fingerprint density at radius 1 is 0.920 bits per heavy atom. The summed E-state index contributed by atoms with van der Waals surface area (Å²) in [6, 6.07) is 5.25. The lowest BCUT2D eigenvalue weighted by Crippen LogP contribution is -2.55. The van der Waals surface area contributed by atoms with Crippen molar-refractivity contribution in [1.29, 1.82) is 0 Å². The highest BCUT2D eigenvalue weighted by atomic mass is 16.5. The highest BCUT2D eigenvalue weighted by molar-refractivity contribution is 5.94. The molecule has 1 fully saturated rings. The summed E-state index contributed by atoms with van der Waals surface area (Å²) in [6.45, 7) is 7.19. The van der Waals surface area contributed by atoms with E-state index in [9.17, 15) is 44.4 Å². The fraction of sp³-hybridized carbons (Fsp3) is 0.649. The standard InChI is InChI=1S/C37H57N3O10/c1-2-3-4-7-10-13-29(41)14-11-8-5-6-9-12-15-31(37(49,36(47)48)27-33(42)43)34(44)39-32(35(45)46)26-28-16-18-30(19-17-28)50-25-24-40-22-20-38-21-23-40/h12,15-19,31-32,38,49H,2-11,13-14,20-27H2,1H3,(H,39,44)(H,42,43)(H,45,46)(H,47,48)/b15-12+/t31-,32-,37-/m0/s1. The Balaban J connectivity index is 1.95.